The van der Waals surface area contributed by atoms with Crippen LogP contribution in [0, 0.1) is 5.82 Å². The van der Waals surface area contributed by atoms with Crippen molar-refractivity contribution in [1.82, 2.24) is 19.4 Å². The number of fused-ring (bicyclic) bond motifs is 1. The molecule has 2 aromatic carbocycles. The van der Waals surface area contributed by atoms with Crippen molar-refractivity contribution in [3.8, 4) is 5.88 Å². The Morgan fingerprint density at radius 3 is 2.64 bits per heavy atom. The van der Waals surface area contributed by atoms with Crippen molar-refractivity contribution in [3.05, 3.63) is 87.5 Å². The molecular formula is C32H34BrFN4O4. The van der Waals surface area contributed by atoms with Crippen LogP contribution in [0.1, 0.15) is 65.6 Å². The van der Waals surface area contributed by atoms with Crippen molar-refractivity contribution < 1.29 is 23.4 Å². The quantitative estimate of drug-likeness (QED) is 0.196. The minimum absolute atomic E-state index is 0.0865. The molecule has 8 nitrogen and oxygen atoms in total. The maximum atomic E-state index is 14.2. The lowest BCUT2D eigenvalue weighted by atomic mass is 9.92. The first-order valence-corrected chi connectivity index (χ1v) is 15.2. The number of hydrogen-bond donors (Lipinski definition) is 0. The van der Waals surface area contributed by atoms with Crippen molar-refractivity contribution in [1.29, 1.82) is 0 Å². The van der Waals surface area contributed by atoms with E-state index in [-0.39, 0.29) is 30.5 Å². The lowest BCUT2D eigenvalue weighted by Crippen LogP contribution is -2.37. The summed E-state index contributed by atoms with van der Waals surface area (Å²) in [5, 5.41) is 0. The standard InChI is InChI=1S/C32H34BrFN4O4/c1-20(31-36-28-9-7-22(32(39)40-2)16-29(28)38(31)18-25-12-15-41-25)37-13-10-21(11-14-37)27-4-3-5-30(35-27)42-19-23-6-8-24(33)17-26(23)34/h3-9,16-17,20-21,25H,10-15,18-19H2,1-2H3/t20-,25?/m0/s1. The molecule has 2 aliphatic rings. The van der Waals surface area contributed by atoms with Crippen LogP contribution in [0.5, 0.6) is 5.88 Å². The average molecular weight is 638 g/mol. The number of imidazole rings is 1. The Bertz CT molecular complexity index is 1580. The van der Waals surface area contributed by atoms with Gasteiger partial charge in [0.15, 0.2) is 0 Å². The molecule has 0 amide bonds. The molecule has 0 spiro atoms. The molecule has 0 N–H and O–H groups in total. The van der Waals surface area contributed by atoms with E-state index in [1.807, 2.05) is 30.3 Å². The summed E-state index contributed by atoms with van der Waals surface area (Å²) in [4.78, 5) is 24.5. The fourth-order valence-electron chi connectivity index (χ4n) is 5.80. The molecule has 2 saturated heterocycles. The third kappa shape index (κ3) is 6.07. The summed E-state index contributed by atoms with van der Waals surface area (Å²) in [5.41, 5.74) is 3.79. The number of carbonyl (C=O) groups excluding carboxylic acids is 1. The molecule has 0 aliphatic carbocycles. The molecule has 10 heteroatoms. The van der Waals surface area contributed by atoms with Crippen LogP contribution in [0.15, 0.2) is 59.1 Å². The third-order valence-corrected chi connectivity index (χ3v) is 8.88. The van der Waals surface area contributed by atoms with Crippen molar-refractivity contribution in [2.45, 2.75) is 57.4 Å². The summed E-state index contributed by atoms with van der Waals surface area (Å²) in [6.07, 6.45) is 3.09. The second-order valence-electron chi connectivity index (χ2n) is 11.0. The van der Waals surface area contributed by atoms with Crippen LogP contribution in [0.4, 0.5) is 4.39 Å². The second-order valence-corrected chi connectivity index (χ2v) is 11.9. The van der Waals surface area contributed by atoms with E-state index >= 15 is 0 Å². The normalized spacial score (nSPS) is 18.5. The zero-order valence-corrected chi connectivity index (χ0v) is 25.3. The lowest BCUT2D eigenvalue weighted by Gasteiger charge is -2.36. The van der Waals surface area contributed by atoms with Gasteiger partial charge in [-0.2, -0.15) is 0 Å². The highest BCUT2D eigenvalue weighted by molar-refractivity contribution is 9.10. The van der Waals surface area contributed by atoms with E-state index in [9.17, 15) is 9.18 Å². The van der Waals surface area contributed by atoms with Gasteiger partial charge in [-0.25, -0.2) is 19.2 Å². The Kier molecular flexibility index (Phi) is 8.55. The molecule has 42 heavy (non-hydrogen) atoms. The molecule has 4 aromatic rings. The molecule has 220 valence electrons. The van der Waals surface area contributed by atoms with E-state index in [1.165, 1.54) is 13.2 Å². The number of likely N-dealkylation sites (tertiary alicyclic amines) is 1. The Labute approximate surface area is 252 Å². The van der Waals surface area contributed by atoms with Gasteiger partial charge in [0.25, 0.3) is 0 Å². The Morgan fingerprint density at radius 1 is 1.12 bits per heavy atom. The van der Waals surface area contributed by atoms with E-state index < -0.39 is 0 Å². The topological polar surface area (TPSA) is 78.7 Å². The maximum absolute atomic E-state index is 14.2. The molecule has 2 aliphatic heterocycles. The molecule has 0 saturated carbocycles. The van der Waals surface area contributed by atoms with E-state index in [0.717, 1.165) is 61.5 Å². The summed E-state index contributed by atoms with van der Waals surface area (Å²) in [6, 6.07) is 16.4. The summed E-state index contributed by atoms with van der Waals surface area (Å²) in [6.45, 7) is 5.62. The fraction of sp³-hybridized carbons (Fsp3) is 0.406. The van der Waals surface area contributed by atoms with E-state index in [4.69, 9.17) is 24.2 Å². The molecule has 0 bridgehead atoms. The molecule has 2 atom stereocenters. The average Bonchev–Trinajstić information content (AvgIpc) is 3.35. The molecule has 2 fully saturated rings. The van der Waals surface area contributed by atoms with E-state index in [1.54, 1.807) is 18.2 Å². The van der Waals surface area contributed by atoms with Crippen LogP contribution in [0.3, 0.4) is 0 Å². The van der Waals surface area contributed by atoms with E-state index in [0.29, 0.717) is 33.9 Å². The predicted octanol–water partition coefficient (Wildman–Crippen LogP) is 6.43. The van der Waals surface area contributed by atoms with Crippen LogP contribution >= 0.6 is 15.9 Å². The number of nitrogens with zero attached hydrogens (tertiary/aromatic N) is 4. The SMILES string of the molecule is COC(=O)c1ccc2nc([C@H](C)N3CCC(c4cccc(OCc5ccc(Br)cc5F)n4)CC3)n(CC3CCO3)c2c1. The number of esters is 1. The minimum Gasteiger partial charge on any atom is -0.473 e. The molecule has 1 unspecified atom stereocenters. The number of rotatable bonds is 9. The number of hydrogen-bond acceptors (Lipinski definition) is 7. The molecule has 4 heterocycles. The zero-order valence-electron chi connectivity index (χ0n) is 23.8. The molecule has 2 aromatic heterocycles. The number of pyridine rings is 1. The van der Waals surface area contributed by atoms with Gasteiger partial charge in [-0.1, -0.05) is 28.1 Å². The van der Waals surface area contributed by atoms with Gasteiger partial charge in [0.05, 0.1) is 42.4 Å². The Morgan fingerprint density at radius 2 is 1.93 bits per heavy atom. The summed E-state index contributed by atoms with van der Waals surface area (Å²) in [5.74, 6) is 1.13. The van der Waals surface area contributed by atoms with E-state index in [2.05, 4.69) is 32.3 Å². The number of aromatic nitrogens is 3. The van der Waals surface area contributed by atoms with Crippen LogP contribution in [-0.4, -0.2) is 58.3 Å². The fourth-order valence-corrected chi connectivity index (χ4v) is 6.14. The summed E-state index contributed by atoms with van der Waals surface area (Å²) >= 11 is 3.29. The number of benzene rings is 2. The molecule has 0 radical (unpaired) electrons. The first-order valence-electron chi connectivity index (χ1n) is 14.4. The first-order chi connectivity index (χ1) is 20.4. The van der Waals surface area contributed by atoms with Gasteiger partial charge in [-0.3, -0.25) is 4.90 Å². The van der Waals surface area contributed by atoms with Crippen LogP contribution < -0.4 is 4.74 Å². The number of piperidine rings is 1. The summed E-state index contributed by atoms with van der Waals surface area (Å²) < 4.78 is 33.7. The van der Waals surface area contributed by atoms with Gasteiger partial charge in [-0.15, -0.1) is 0 Å². The van der Waals surface area contributed by atoms with Gasteiger partial charge in [0, 0.05) is 34.3 Å². The lowest BCUT2D eigenvalue weighted by molar-refractivity contribution is -0.0594. The van der Waals surface area contributed by atoms with Gasteiger partial charge in [0.1, 0.15) is 18.2 Å². The smallest absolute Gasteiger partial charge is 0.337 e. The molecule has 6 rings (SSSR count). The third-order valence-electron chi connectivity index (χ3n) is 8.38. The predicted molar refractivity (Wildman–Crippen MR) is 160 cm³/mol. The van der Waals surface area contributed by atoms with Crippen molar-refractivity contribution in [2.75, 3.05) is 26.8 Å². The number of halogens is 2. The van der Waals surface area contributed by atoms with Crippen molar-refractivity contribution >= 4 is 32.9 Å². The van der Waals surface area contributed by atoms with Crippen molar-refractivity contribution in [3.63, 3.8) is 0 Å². The van der Waals surface area contributed by atoms with Gasteiger partial charge in [0.2, 0.25) is 5.88 Å². The molecular weight excluding hydrogens is 603 g/mol. The highest BCUT2D eigenvalue weighted by Gasteiger charge is 2.30. The highest BCUT2D eigenvalue weighted by Crippen LogP contribution is 2.34. The van der Waals surface area contributed by atoms with Crippen LogP contribution in [0.25, 0.3) is 11.0 Å². The van der Waals surface area contributed by atoms with Gasteiger partial charge < -0.3 is 18.8 Å². The van der Waals surface area contributed by atoms with Crippen molar-refractivity contribution in [2.24, 2.45) is 0 Å². The van der Waals surface area contributed by atoms with Crippen LogP contribution in [-0.2, 0) is 22.6 Å². The van der Waals surface area contributed by atoms with Gasteiger partial charge >= 0.3 is 5.97 Å². The maximum Gasteiger partial charge on any atom is 0.337 e. The number of ether oxygens (including phenoxy) is 3. The largest absolute Gasteiger partial charge is 0.473 e. The minimum atomic E-state index is -0.357. The number of methoxy groups -OCH3 is 1. The monoisotopic (exact) mass is 636 g/mol. The zero-order chi connectivity index (χ0) is 29.2. The number of carbonyl (C=O) groups is 1. The van der Waals surface area contributed by atoms with Gasteiger partial charge in [-0.05, 0) is 75.7 Å². The Hall–Kier alpha value is -3.34. The van der Waals surface area contributed by atoms with Crippen LogP contribution in [0.2, 0.25) is 0 Å². The Balaban J connectivity index is 1.14. The first kappa shape index (κ1) is 28.8. The second kappa shape index (κ2) is 12.5. The summed E-state index contributed by atoms with van der Waals surface area (Å²) in [7, 11) is 1.40. The highest BCUT2D eigenvalue weighted by atomic mass is 79.9.